The minimum Gasteiger partial charge on any atom is -0.481 e. The molecule has 0 aliphatic rings. The van der Waals surface area contributed by atoms with Gasteiger partial charge in [-0.25, -0.2) is 9.97 Å². The summed E-state index contributed by atoms with van der Waals surface area (Å²) < 4.78 is 0. The summed E-state index contributed by atoms with van der Waals surface area (Å²) in [5.74, 6) is -0.170. The molecule has 0 aromatic carbocycles. The Morgan fingerprint density at radius 3 is 2.71 bits per heavy atom. The second-order valence-electron chi connectivity index (χ2n) is 2.82. The minimum atomic E-state index is -0.902. The van der Waals surface area contributed by atoms with Gasteiger partial charge in [0.2, 0.25) is 0 Å². The van der Waals surface area contributed by atoms with Crippen molar-refractivity contribution in [1.82, 2.24) is 9.97 Å². The Morgan fingerprint density at radius 2 is 2.21 bits per heavy atom. The van der Waals surface area contributed by atoms with E-state index in [1.54, 1.807) is 6.92 Å². The van der Waals surface area contributed by atoms with E-state index >= 15 is 0 Å². The molecule has 0 spiro atoms. The highest BCUT2D eigenvalue weighted by atomic mass is 35.5. The number of carboxylic acid groups (broad SMARTS) is 1. The Balaban J connectivity index is 2.91. The van der Waals surface area contributed by atoms with E-state index in [0.717, 1.165) is 0 Å². The average Bonchev–Trinajstić information content (AvgIpc) is 2.01. The number of aromatic nitrogens is 2. The summed E-state index contributed by atoms with van der Waals surface area (Å²) in [5, 5.41) is 8.72. The molecular formula is C8H10ClN3O2. The van der Waals surface area contributed by atoms with Crippen molar-refractivity contribution in [3.05, 3.63) is 16.5 Å². The molecule has 0 saturated carbocycles. The first-order valence-electron chi connectivity index (χ1n) is 4.01. The van der Waals surface area contributed by atoms with Gasteiger partial charge in [0.25, 0.3) is 0 Å². The first-order chi connectivity index (χ1) is 6.50. The number of rotatable bonds is 3. The highest BCUT2D eigenvalue weighted by molar-refractivity contribution is 6.30. The first-order valence-corrected chi connectivity index (χ1v) is 4.38. The highest BCUT2D eigenvalue weighted by Crippen LogP contribution is 2.20. The van der Waals surface area contributed by atoms with Gasteiger partial charge in [0.05, 0.1) is 0 Å². The highest BCUT2D eigenvalue weighted by Gasteiger charge is 2.10. The maximum absolute atomic E-state index is 10.3. The Bertz CT molecular complexity index is 345. The third-order valence-corrected chi connectivity index (χ3v) is 2.00. The van der Waals surface area contributed by atoms with Crippen LogP contribution in [-0.4, -0.2) is 21.0 Å². The van der Waals surface area contributed by atoms with Crippen molar-refractivity contribution in [3.8, 4) is 0 Å². The molecule has 5 nitrogen and oxygen atoms in total. The molecule has 0 saturated heterocycles. The lowest BCUT2D eigenvalue weighted by molar-refractivity contribution is -0.136. The number of aliphatic carboxylic acids is 1. The number of nitrogens with two attached hydrogens (primary N) is 1. The zero-order chi connectivity index (χ0) is 10.7. The number of nitrogen functional groups attached to an aromatic ring is 1. The van der Waals surface area contributed by atoms with Crippen LogP contribution in [0.4, 0.5) is 5.82 Å². The van der Waals surface area contributed by atoms with Gasteiger partial charge in [-0.15, -0.1) is 0 Å². The predicted molar refractivity (Wildman–Crippen MR) is 52.1 cm³/mol. The largest absolute Gasteiger partial charge is 0.481 e. The van der Waals surface area contributed by atoms with Crippen molar-refractivity contribution in [2.75, 3.05) is 5.73 Å². The molecule has 14 heavy (non-hydrogen) atoms. The van der Waals surface area contributed by atoms with Crippen molar-refractivity contribution in [1.29, 1.82) is 0 Å². The molecule has 3 N–H and O–H groups in total. The average molecular weight is 216 g/mol. The van der Waals surface area contributed by atoms with Gasteiger partial charge in [-0.1, -0.05) is 11.6 Å². The van der Waals surface area contributed by atoms with E-state index in [0.29, 0.717) is 11.4 Å². The third-order valence-electron chi connectivity index (χ3n) is 1.69. The molecular weight excluding hydrogens is 206 g/mol. The van der Waals surface area contributed by atoms with E-state index < -0.39 is 5.97 Å². The Labute approximate surface area is 85.9 Å². The molecule has 0 fully saturated rings. The van der Waals surface area contributed by atoms with Crippen LogP contribution in [0.25, 0.3) is 0 Å². The molecule has 1 rings (SSSR count). The first kappa shape index (κ1) is 10.7. The lowest BCUT2D eigenvalue weighted by atomic mass is 10.2. The number of carboxylic acids is 1. The molecule has 1 heterocycles. The van der Waals surface area contributed by atoms with E-state index in [2.05, 4.69) is 9.97 Å². The van der Waals surface area contributed by atoms with Crippen LogP contribution in [0.15, 0.2) is 0 Å². The number of hydrogen-bond acceptors (Lipinski definition) is 4. The van der Waals surface area contributed by atoms with Gasteiger partial charge in [0.15, 0.2) is 0 Å². The molecule has 1 aromatic heterocycles. The normalized spacial score (nSPS) is 10.1. The predicted octanol–water partition coefficient (Wildman–Crippen LogP) is 1.04. The van der Waals surface area contributed by atoms with E-state index in [-0.39, 0.29) is 23.8 Å². The van der Waals surface area contributed by atoms with Crippen LogP contribution >= 0.6 is 11.6 Å². The van der Waals surface area contributed by atoms with Crippen LogP contribution in [0.5, 0.6) is 0 Å². The molecule has 0 radical (unpaired) electrons. The molecule has 0 unspecified atom stereocenters. The number of carbonyl (C=O) groups is 1. The topological polar surface area (TPSA) is 89.1 Å². The van der Waals surface area contributed by atoms with E-state index in [1.807, 2.05) is 0 Å². The summed E-state index contributed by atoms with van der Waals surface area (Å²) in [6.07, 6.45) is 0.219. The van der Waals surface area contributed by atoms with Gasteiger partial charge in [-0.05, 0) is 13.3 Å². The van der Waals surface area contributed by atoms with Gasteiger partial charge >= 0.3 is 5.97 Å². The van der Waals surface area contributed by atoms with Crippen molar-refractivity contribution >= 4 is 23.4 Å². The number of anilines is 1. The third kappa shape index (κ3) is 2.56. The SMILES string of the molecule is Cc1nc(N)c(CCC(=O)O)c(Cl)n1. The van der Waals surface area contributed by atoms with Crippen LogP contribution in [0, 0.1) is 6.92 Å². The van der Waals surface area contributed by atoms with Crippen LogP contribution in [0.1, 0.15) is 17.8 Å². The smallest absolute Gasteiger partial charge is 0.303 e. The summed E-state index contributed by atoms with van der Waals surface area (Å²) >= 11 is 5.79. The number of hydrogen-bond donors (Lipinski definition) is 2. The summed E-state index contributed by atoms with van der Waals surface area (Å²) in [6.45, 7) is 1.67. The van der Waals surface area contributed by atoms with Gasteiger partial charge < -0.3 is 10.8 Å². The van der Waals surface area contributed by atoms with Crippen LogP contribution < -0.4 is 5.73 Å². The second kappa shape index (κ2) is 4.23. The Morgan fingerprint density at radius 1 is 1.57 bits per heavy atom. The van der Waals surface area contributed by atoms with Gasteiger partial charge in [-0.2, -0.15) is 0 Å². The fourth-order valence-electron chi connectivity index (χ4n) is 1.05. The summed E-state index contributed by atoms with van der Waals surface area (Å²) in [6, 6.07) is 0. The Kier molecular flexibility index (Phi) is 3.24. The van der Waals surface area contributed by atoms with E-state index in [1.165, 1.54) is 0 Å². The van der Waals surface area contributed by atoms with Gasteiger partial charge in [0, 0.05) is 12.0 Å². The quantitative estimate of drug-likeness (QED) is 0.736. The van der Waals surface area contributed by atoms with Crippen LogP contribution in [0.2, 0.25) is 5.15 Å². The maximum atomic E-state index is 10.3. The zero-order valence-corrected chi connectivity index (χ0v) is 8.38. The molecule has 6 heteroatoms. The molecule has 0 bridgehead atoms. The summed E-state index contributed by atoms with van der Waals surface area (Å²) in [5.41, 5.74) is 6.08. The monoisotopic (exact) mass is 215 g/mol. The van der Waals surface area contributed by atoms with Crippen molar-refractivity contribution in [2.45, 2.75) is 19.8 Å². The van der Waals surface area contributed by atoms with Gasteiger partial charge in [0.1, 0.15) is 16.8 Å². The van der Waals surface area contributed by atoms with Crippen molar-refractivity contribution < 1.29 is 9.90 Å². The van der Waals surface area contributed by atoms with E-state index in [9.17, 15) is 4.79 Å². The number of aryl methyl sites for hydroxylation is 1. The lowest BCUT2D eigenvalue weighted by Gasteiger charge is -2.05. The van der Waals surface area contributed by atoms with Crippen molar-refractivity contribution in [3.63, 3.8) is 0 Å². The zero-order valence-electron chi connectivity index (χ0n) is 7.62. The lowest BCUT2D eigenvalue weighted by Crippen LogP contribution is -2.05. The van der Waals surface area contributed by atoms with Crippen LogP contribution in [0.3, 0.4) is 0 Å². The Hall–Kier alpha value is -1.36. The molecule has 0 atom stereocenters. The summed E-state index contributed by atoms with van der Waals surface area (Å²) in [7, 11) is 0. The fourth-order valence-corrected chi connectivity index (χ4v) is 1.36. The molecule has 1 aromatic rings. The minimum absolute atomic E-state index is 0.0314. The van der Waals surface area contributed by atoms with Crippen molar-refractivity contribution in [2.24, 2.45) is 0 Å². The maximum Gasteiger partial charge on any atom is 0.303 e. The number of halogens is 1. The molecule has 0 amide bonds. The second-order valence-corrected chi connectivity index (χ2v) is 3.18. The standard InChI is InChI=1S/C8H10ClN3O2/c1-4-11-7(9)5(8(10)12-4)2-3-6(13)14/h2-3H2,1H3,(H,13,14)(H2,10,11,12). The summed E-state index contributed by atoms with van der Waals surface area (Å²) in [4.78, 5) is 18.1. The number of nitrogens with zero attached hydrogens (tertiary/aromatic N) is 2. The molecule has 0 aliphatic carbocycles. The van der Waals surface area contributed by atoms with Crippen LogP contribution in [-0.2, 0) is 11.2 Å². The fraction of sp³-hybridized carbons (Fsp3) is 0.375. The molecule has 76 valence electrons. The van der Waals surface area contributed by atoms with Gasteiger partial charge in [-0.3, -0.25) is 4.79 Å². The molecule has 0 aliphatic heterocycles. The van der Waals surface area contributed by atoms with E-state index in [4.69, 9.17) is 22.4 Å².